The zero-order valence-electron chi connectivity index (χ0n) is 18.8. The van der Waals surface area contributed by atoms with E-state index in [2.05, 4.69) is 20.6 Å². The standard InChI is InChI=1S/C25H23N5O2S/c1-14(2)22-27-24(32-29-22)18-12-8-9-15(3)21(18)26-23(31)20-13-19-16(4)28-30(25(19)33-20)17-10-6-5-7-11-17/h5-14H,1-4H3,(H,26,31). The molecule has 7 nitrogen and oxygen atoms in total. The Kier molecular flexibility index (Phi) is 5.30. The van der Waals surface area contributed by atoms with Gasteiger partial charge in [0, 0.05) is 11.3 Å². The number of nitrogens with zero attached hydrogens (tertiary/aromatic N) is 4. The van der Waals surface area contributed by atoms with Gasteiger partial charge in [-0.25, -0.2) is 4.68 Å². The van der Waals surface area contributed by atoms with Crippen LogP contribution in [-0.4, -0.2) is 25.8 Å². The minimum absolute atomic E-state index is 0.149. The van der Waals surface area contributed by atoms with Crippen molar-refractivity contribution in [3.05, 3.63) is 76.6 Å². The van der Waals surface area contributed by atoms with Gasteiger partial charge in [0.15, 0.2) is 5.82 Å². The molecule has 166 valence electrons. The van der Waals surface area contributed by atoms with E-state index < -0.39 is 0 Å². The second kappa shape index (κ2) is 8.29. The highest BCUT2D eigenvalue weighted by molar-refractivity contribution is 7.20. The summed E-state index contributed by atoms with van der Waals surface area (Å²) in [4.78, 5) is 19.3. The Morgan fingerprint density at radius 3 is 2.61 bits per heavy atom. The van der Waals surface area contributed by atoms with Gasteiger partial charge >= 0.3 is 0 Å². The predicted octanol–water partition coefficient (Wildman–Crippen LogP) is 6.13. The van der Waals surface area contributed by atoms with E-state index in [1.807, 2.05) is 87.0 Å². The summed E-state index contributed by atoms with van der Waals surface area (Å²) in [5.41, 5.74) is 4.13. The number of hydrogen-bond acceptors (Lipinski definition) is 6. The summed E-state index contributed by atoms with van der Waals surface area (Å²) in [6.45, 7) is 7.92. The smallest absolute Gasteiger partial charge is 0.265 e. The fraction of sp³-hybridized carbons (Fsp3) is 0.200. The quantitative estimate of drug-likeness (QED) is 0.343. The molecule has 0 spiro atoms. The molecule has 5 aromatic rings. The van der Waals surface area contributed by atoms with Crippen LogP contribution >= 0.6 is 11.3 Å². The van der Waals surface area contributed by atoms with Gasteiger partial charge in [0.05, 0.1) is 27.5 Å². The van der Waals surface area contributed by atoms with Gasteiger partial charge in [0.2, 0.25) is 0 Å². The van der Waals surface area contributed by atoms with E-state index >= 15 is 0 Å². The van der Waals surface area contributed by atoms with Crippen LogP contribution in [0.15, 0.2) is 59.1 Å². The van der Waals surface area contributed by atoms with Crippen molar-refractivity contribution in [1.29, 1.82) is 0 Å². The minimum Gasteiger partial charge on any atom is -0.334 e. The molecule has 0 atom stereocenters. The van der Waals surface area contributed by atoms with E-state index in [1.165, 1.54) is 11.3 Å². The largest absolute Gasteiger partial charge is 0.334 e. The van der Waals surface area contributed by atoms with Gasteiger partial charge < -0.3 is 9.84 Å². The van der Waals surface area contributed by atoms with Gasteiger partial charge in [0.1, 0.15) is 4.83 Å². The average molecular weight is 458 g/mol. The molecule has 0 aliphatic heterocycles. The number of aromatic nitrogens is 4. The van der Waals surface area contributed by atoms with Gasteiger partial charge in [-0.05, 0) is 43.7 Å². The number of rotatable bonds is 5. The molecule has 33 heavy (non-hydrogen) atoms. The van der Waals surface area contributed by atoms with Crippen LogP contribution in [0.5, 0.6) is 0 Å². The number of aryl methyl sites for hydroxylation is 2. The molecule has 8 heteroatoms. The van der Waals surface area contributed by atoms with Crippen molar-refractivity contribution in [2.75, 3.05) is 5.32 Å². The number of benzene rings is 2. The summed E-state index contributed by atoms with van der Waals surface area (Å²) in [6.07, 6.45) is 0. The van der Waals surface area contributed by atoms with E-state index in [0.29, 0.717) is 27.8 Å². The lowest BCUT2D eigenvalue weighted by Crippen LogP contribution is -2.12. The Bertz CT molecular complexity index is 1460. The lowest BCUT2D eigenvalue weighted by molar-refractivity contribution is 0.103. The first kappa shape index (κ1) is 21.1. The summed E-state index contributed by atoms with van der Waals surface area (Å²) in [7, 11) is 0. The molecule has 2 aromatic carbocycles. The predicted molar refractivity (Wildman–Crippen MR) is 130 cm³/mol. The van der Waals surface area contributed by atoms with Crippen LogP contribution in [0.2, 0.25) is 0 Å². The van der Waals surface area contributed by atoms with Crippen molar-refractivity contribution in [3.63, 3.8) is 0 Å². The highest BCUT2D eigenvalue weighted by atomic mass is 32.1. The lowest BCUT2D eigenvalue weighted by atomic mass is 10.1. The van der Waals surface area contributed by atoms with Crippen LogP contribution in [0.4, 0.5) is 5.69 Å². The molecule has 0 saturated carbocycles. The Balaban J connectivity index is 1.51. The molecule has 0 aliphatic carbocycles. The Hall–Kier alpha value is -3.78. The number of nitrogens with one attached hydrogen (secondary N) is 1. The zero-order valence-corrected chi connectivity index (χ0v) is 19.6. The third kappa shape index (κ3) is 3.82. The second-order valence-electron chi connectivity index (χ2n) is 8.23. The zero-order chi connectivity index (χ0) is 23.1. The van der Waals surface area contributed by atoms with Gasteiger partial charge in [-0.3, -0.25) is 4.79 Å². The summed E-state index contributed by atoms with van der Waals surface area (Å²) in [6, 6.07) is 17.6. The van der Waals surface area contributed by atoms with E-state index in [-0.39, 0.29) is 11.8 Å². The Morgan fingerprint density at radius 2 is 1.88 bits per heavy atom. The fourth-order valence-electron chi connectivity index (χ4n) is 3.67. The van der Waals surface area contributed by atoms with Crippen LogP contribution in [0, 0.1) is 13.8 Å². The van der Waals surface area contributed by atoms with Crippen molar-refractivity contribution in [1.82, 2.24) is 19.9 Å². The molecule has 0 fully saturated rings. The SMILES string of the molecule is Cc1cccc(-c2nc(C(C)C)no2)c1NC(=O)c1cc2c(C)nn(-c3ccccc3)c2s1. The monoisotopic (exact) mass is 457 g/mol. The number of para-hydroxylation sites is 2. The number of anilines is 1. The molecule has 1 N–H and O–H groups in total. The van der Waals surface area contributed by atoms with Gasteiger partial charge in [-0.2, -0.15) is 10.1 Å². The van der Waals surface area contributed by atoms with Crippen LogP contribution in [0.1, 0.15) is 46.5 Å². The molecule has 0 unspecified atom stereocenters. The molecule has 0 radical (unpaired) electrons. The maximum atomic E-state index is 13.3. The summed E-state index contributed by atoms with van der Waals surface area (Å²) in [5.74, 6) is 0.990. The molecule has 3 heterocycles. The van der Waals surface area contributed by atoms with Gasteiger partial charge in [-0.1, -0.05) is 49.3 Å². The molecular weight excluding hydrogens is 434 g/mol. The maximum absolute atomic E-state index is 13.3. The van der Waals surface area contributed by atoms with Crippen molar-refractivity contribution in [2.45, 2.75) is 33.6 Å². The third-order valence-corrected chi connectivity index (χ3v) is 6.58. The molecule has 0 bridgehead atoms. The molecule has 5 rings (SSSR count). The van der Waals surface area contributed by atoms with E-state index in [1.54, 1.807) is 0 Å². The van der Waals surface area contributed by atoms with Crippen LogP contribution in [0.25, 0.3) is 27.4 Å². The lowest BCUT2D eigenvalue weighted by Gasteiger charge is -2.11. The van der Waals surface area contributed by atoms with Crippen molar-refractivity contribution >= 4 is 33.1 Å². The summed E-state index contributed by atoms with van der Waals surface area (Å²) in [5, 5.41) is 12.8. The third-order valence-electron chi connectivity index (χ3n) is 5.47. The van der Waals surface area contributed by atoms with Crippen LogP contribution in [0.3, 0.4) is 0 Å². The van der Waals surface area contributed by atoms with Crippen molar-refractivity contribution in [2.24, 2.45) is 0 Å². The number of hydrogen-bond donors (Lipinski definition) is 1. The molecule has 0 saturated heterocycles. The van der Waals surface area contributed by atoms with Crippen molar-refractivity contribution in [3.8, 4) is 17.1 Å². The van der Waals surface area contributed by atoms with Gasteiger partial charge in [0.25, 0.3) is 11.8 Å². The van der Waals surface area contributed by atoms with E-state index in [9.17, 15) is 4.79 Å². The average Bonchev–Trinajstić information content (AvgIpc) is 3.53. The fourth-order valence-corrected chi connectivity index (χ4v) is 4.75. The first-order chi connectivity index (χ1) is 15.9. The Labute approximate surface area is 195 Å². The van der Waals surface area contributed by atoms with E-state index in [4.69, 9.17) is 4.52 Å². The Morgan fingerprint density at radius 1 is 1.09 bits per heavy atom. The first-order valence-electron chi connectivity index (χ1n) is 10.7. The first-order valence-corrected chi connectivity index (χ1v) is 11.5. The summed E-state index contributed by atoms with van der Waals surface area (Å²) < 4.78 is 7.38. The number of carbonyl (C=O) groups excluding carboxylic acids is 1. The number of thiophene rings is 1. The maximum Gasteiger partial charge on any atom is 0.265 e. The number of fused-ring (bicyclic) bond motifs is 1. The topological polar surface area (TPSA) is 85.8 Å². The molecule has 0 aliphatic rings. The highest BCUT2D eigenvalue weighted by Gasteiger charge is 2.21. The highest BCUT2D eigenvalue weighted by Crippen LogP contribution is 2.34. The second-order valence-corrected chi connectivity index (χ2v) is 9.26. The van der Waals surface area contributed by atoms with E-state index in [0.717, 1.165) is 27.2 Å². The van der Waals surface area contributed by atoms with Gasteiger partial charge in [-0.15, -0.1) is 11.3 Å². The minimum atomic E-state index is -0.186. The normalized spacial score (nSPS) is 11.4. The van der Waals surface area contributed by atoms with Crippen LogP contribution in [-0.2, 0) is 0 Å². The number of amides is 1. The molecular formula is C25H23N5O2S. The van der Waals surface area contributed by atoms with Crippen molar-refractivity contribution < 1.29 is 9.32 Å². The number of carbonyl (C=O) groups is 1. The summed E-state index contributed by atoms with van der Waals surface area (Å²) >= 11 is 1.42. The van der Waals surface area contributed by atoms with Crippen LogP contribution < -0.4 is 5.32 Å². The molecule has 3 aromatic heterocycles. The molecule has 1 amide bonds.